The van der Waals surface area contributed by atoms with Crippen LogP contribution in [0.1, 0.15) is 51.1 Å². The predicted molar refractivity (Wildman–Crippen MR) is 80.9 cm³/mol. The van der Waals surface area contributed by atoms with E-state index in [1.54, 1.807) is 13.4 Å². The molecular formula is C16H27N3O. The van der Waals surface area contributed by atoms with Crippen molar-refractivity contribution in [2.75, 3.05) is 13.7 Å². The molecule has 0 saturated heterocycles. The first kappa shape index (κ1) is 15.2. The van der Waals surface area contributed by atoms with E-state index in [1.165, 1.54) is 38.5 Å². The maximum Gasteiger partial charge on any atom is 0.216 e. The molecule has 1 fully saturated rings. The molecular weight excluding hydrogens is 250 g/mol. The number of nitrogens with zero attached hydrogens (tertiary/aromatic N) is 2. The standard InChI is InChI=1S/C16H27N3O/c1-3-9-17-15(13-7-5-4-6-8-13)10-14-11-16(20-2)19-12-18-14/h11-13,15,17H,3-10H2,1-2H3. The van der Waals surface area contributed by atoms with Crippen LogP contribution in [0, 0.1) is 5.92 Å². The van der Waals surface area contributed by atoms with Crippen molar-refractivity contribution in [2.45, 2.75) is 57.9 Å². The molecule has 0 bridgehead atoms. The molecule has 20 heavy (non-hydrogen) atoms. The summed E-state index contributed by atoms with van der Waals surface area (Å²) in [5, 5.41) is 3.72. The van der Waals surface area contributed by atoms with Crippen LogP contribution in [-0.2, 0) is 6.42 Å². The first-order valence-electron chi connectivity index (χ1n) is 7.91. The van der Waals surface area contributed by atoms with Crippen LogP contribution in [0.5, 0.6) is 5.88 Å². The topological polar surface area (TPSA) is 47.0 Å². The number of nitrogens with one attached hydrogen (secondary N) is 1. The predicted octanol–water partition coefficient (Wildman–Crippen LogP) is 2.98. The molecule has 1 atom stereocenters. The summed E-state index contributed by atoms with van der Waals surface area (Å²) in [7, 11) is 1.65. The van der Waals surface area contributed by atoms with E-state index >= 15 is 0 Å². The molecule has 1 N–H and O–H groups in total. The van der Waals surface area contributed by atoms with Crippen molar-refractivity contribution in [1.82, 2.24) is 15.3 Å². The zero-order valence-corrected chi connectivity index (χ0v) is 12.8. The molecule has 4 heteroatoms. The van der Waals surface area contributed by atoms with Crippen LogP contribution in [0.2, 0.25) is 0 Å². The molecule has 0 aliphatic heterocycles. The van der Waals surface area contributed by atoms with Gasteiger partial charge in [-0.1, -0.05) is 26.2 Å². The van der Waals surface area contributed by atoms with Crippen molar-refractivity contribution >= 4 is 0 Å². The fourth-order valence-corrected chi connectivity index (χ4v) is 3.10. The summed E-state index contributed by atoms with van der Waals surface area (Å²) in [4.78, 5) is 8.49. The molecule has 1 aliphatic rings. The molecule has 1 heterocycles. The Bertz CT molecular complexity index is 391. The van der Waals surface area contributed by atoms with Crippen LogP contribution in [0.3, 0.4) is 0 Å². The van der Waals surface area contributed by atoms with E-state index in [4.69, 9.17) is 4.74 Å². The highest BCUT2D eigenvalue weighted by Gasteiger charge is 2.23. The first-order valence-corrected chi connectivity index (χ1v) is 7.91. The Hall–Kier alpha value is -1.16. The molecule has 1 aromatic heterocycles. The molecule has 2 rings (SSSR count). The lowest BCUT2D eigenvalue weighted by Crippen LogP contribution is -2.39. The highest BCUT2D eigenvalue weighted by atomic mass is 16.5. The van der Waals surface area contributed by atoms with Crippen LogP contribution < -0.4 is 10.1 Å². The first-order chi connectivity index (χ1) is 9.83. The molecule has 1 aromatic rings. The van der Waals surface area contributed by atoms with Crippen molar-refractivity contribution in [3.8, 4) is 5.88 Å². The van der Waals surface area contributed by atoms with Crippen LogP contribution in [-0.4, -0.2) is 29.7 Å². The summed E-state index contributed by atoms with van der Waals surface area (Å²) in [6, 6.07) is 2.50. The van der Waals surface area contributed by atoms with Gasteiger partial charge in [0, 0.05) is 24.2 Å². The van der Waals surface area contributed by atoms with Gasteiger partial charge in [-0.2, -0.15) is 0 Å². The van der Waals surface area contributed by atoms with Crippen LogP contribution in [0.4, 0.5) is 0 Å². The summed E-state index contributed by atoms with van der Waals surface area (Å²) >= 11 is 0. The van der Waals surface area contributed by atoms with E-state index in [0.29, 0.717) is 11.9 Å². The van der Waals surface area contributed by atoms with Gasteiger partial charge in [-0.05, 0) is 31.7 Å². The number of hydrogen-bond acceptors (Lipinski definition) is 4. The van der Waals surface area contributed by atoms with Gasteiger partial charge < -0.3 is 10.1 Å². The minimum Gasteiger partial charge on any atom is -0.481 e. The van der Waals surface area contributed by atoms with Crippen molar-refractivity contribution in [3.05, 3.63) is 18.1 Å². The van der Waals surface area contributed by atoms with E-state index in [9.17, 15) is 0 Å². The van der Waals surface area contributed by atoms with E-state index in [1.807, 2.05) is 6.07 Å². The molecule has 4 nitrogen and oxygen atoms in total. The lowest BCUT2D eigenvalue weighted by atomic mass is 9.82. The highest BCUT2D eigenvalue weighted by Crippen LogP contribution is 2.28. The minimum absolute atomic E-state index is 0.537. The number of methoxy groups -OCH3 is 1. The van der Waals surface area contributed by atoms with Crippen LogP contribution in [0.25, 0.3) is 0 Å². The summed E-state index contributed by atoms with van der Waals surface area (Å²) in [5.74, 6) is 1.45. The molecule has 0 aromatic carbocycles. The third-order valence-corrected chi connectivity index (χ3v) is 4.21. The van der Waals surface area contributed by atoms with Crippen molar-refractivity contribution in [1.29, 1.82) is 0 Å². The Kier molecular flexibility index (Phi) is 6.25. The van der Waals surface area contributed by atoms with Gasteiger partial charge in [0.25, 0.3) is 0 Å². The summed E-state index contributed by atoms with van der Waals surface area (Å²) in [6.07, 6.45) is 10.6. The van der Waals surface area contributed by atoms with Gasteiger partial charge in [0.1, 0.15) is 6.33 Å². The summed E-state index contributed by atoms with van der Waals surface area (Å²) < 4.78 is 5.19. The van der Waals surface area contributed by atoms with Crippen molar-refractivity contribution < 1.29 is 4.74 Å². The SMILES string of the molecule is CCCNC(Cc1cc(OC)ncn1)C1CCCCC1. The largest absolute Gasteiger partial charge is 0.481 e. The Morgan fingerprint density at radius 2 is 2.10 bits per heavy atom. The minimum atomic E-state index is 0.537. The molecule has 0 amide bonds. The zero-order chi connectivity index (χ0) is 14.2. The normalized spacial score (nSPS) is 17.9. The molecule has 112 valence electrons. The Balaban J connectivity index is 2.01. The fourth-order valence-electron chi connectivity index (χ4n) is 3.10. The van der Waals surface area contributed by atoms with E-state index in [0.717, 1.165) is 24.6 Å². The highest BCUT2D eigenvalue weighted by molar-refractivity contribution is 5.14. The lowest BCUT2D eigenvalue weighted by Gasteiger charge is -2.31. The van der Waals surface area contributed by atoms with E-state index in [-0.39, 0.29) is 0 Å². The molecule has 1 aliphatic carbocycles. The average molecular weight is 277 g/mol. The van der Waals surface area contributed by atoms with Gasteiger partial charge in [0.15, 0.2) is 0 Å². The summed E-state index contributed by atoms with van der Waals surface area (Å²) in [5.41, 5.74) is 1.08. The maximum absolute atomic E-state index is 5.19. The Morgan fingerprint density at radius 3 is 2.80 bits per heavy atom. The molecule has 0 radical (unpaired) electrons. The fraction of sp³-hybridized carbons (Fsp3) is 0.750. The molecule has 1 unspecified atom stereocenters. The third-order valence-electron chi connectivity index (χ3n) is 4.21. The monoisotopic (exact) mass is 277 g/mol. The Morgan fingerprint density at radius 1 is 1.30 bits per heavy atom. The van der Waals surface area contributed by atoms with Gasteiger partial charge >= 0.3 is 0 Å². The second-order valence-corrected chi connectivity index (χ2v) is 5.71. The number of hydrogen-bond donors (Lipinski definition) is 1. The number of ether oxygens (including phenoxy) is 1. The van der Waals surface area contributed by atoms with Gasteiger partial charge in [-0.25, -0.2) is 9.97 Å². The zero-order valence-electron chi connectivity index (χ0n) is 12.8. The van der Waals surface area contributed by atoms with E-state index < -0.39 is 0 Å². The van der Waals surface area contributed by atoms with Crippen LogP contribution >= 0.6 is 0 Å². The Labute approximate surface area is 122 Å². The maximum atomic E-state index is 5.19. The second kappa shape index (κ2) is 8.20. The van der Waals surface area contributed by atoms with Crippen molar-refractivity contribution in [2.24, 2.45) is 5.92 Å². The number of rotatable bonds is 7. The smallest absolute Gasteiger partial charge is 0.216 e. The quantitative estimate of drug-likeness (QED) is 0.832. The van der Waals surface area contributed by atoms with Gasteiger partial charge in [0.2, 0.25) is 5.88 Å². The van der Waals surface area contributed by atoms with Crippen molar-refractivity contribution in [3.63, 3.8) is 0 Å². The van der Waals surface area contributed by atoms with Crippen LogP contribution in [0.15, 0.2) is 12.4 Å². The third kappa shape index (κ3) is 4.44. The second-order valence-electron chi connectivity index (χ2n) is 5.71. The van der Waals surface area contributed by atoms with Gasteiger partial charge in [0.05, 0.1) is 7.11 Å². The summed E-state index contributed by atoms with van der Waals surface area (Å²) in [6.45, 7) is 3.31. The van der Waals surface area contributed by atoms with Gasteiger partial charge in [-0.3, -0.25) is 0 Å². The number of aromatic nitrogens is 2. The molecule has 0 spiro atoms. The lowest BCUT2D eigenvalue weighted by molar-refractivity contribution is 0.265. The van der Waals surface area contributed by atoms with Gasteiger partial charge in [-0.15, -0.1) is 0 Å². The molecule has 1 saturated carbocycles. The van der Waals surface area contributed by atoms with E-state index in [2.05, 4.69) is 22.2 Å². The average Bonchev–Trinajstić information content (AvgIpc) is 2.52.